The number of nitrogens with zero attached hydrogens (tertiary/aromatic N) is 3. The quantitative estimate of drug-likeness (QED) is 0.255. The fourth-order valence-electron chi connectivity index (χ4n) is 5.22. The highest BCUT2D eigenvalue weighted by atomic mass is 16.5. The first-order valence-corrected chi connectivity index (χ1v) is 13.6. The molecule has 39 heavy (non-hydrogen) atoms. The van der Waals surface area contributed by atoms with Gasteiger partial charge in [-0.2, -0.15) is 0 Å². The minimum atomic E-state index is -0.306. The van der Waals surface area contributed by atoms with Gasteiger partial charge in [0.2, 0.25) is 11.8 Å². The molecule has 6 nitrogen and oxygen atoms in total. The summed E-state index contributed by atoms with van der Waals surface area (Å²) in [5, 5.41) is 0. The summed E-state index contributed by atoms with van der Waals surface area (Å²) in [6, 6.07) is 29.8. The van der Waals surface area contributed by atoms with E-state index in [1.165, 1.54) is 0 Å². The molecule has 4 aromatic rings. The lowest BCUT2D eigenvalue weighted by atomic mass is 9.96. The molecule has 1 unspecified atom stereocenters. The Labute approximate surface area is 230 Å². The van der Waals surface area contributed by atoms with Crippen molar-refractivity contribution in [2.75, 3.05) is 24.6 Å². The summed E-state index contributed by atoms with van der Waals surface area (Å²) in [6.07, 6.45) is 3.78. The first-order valence-electron chi connectivity index (χ1n) is 13.6. The molecule has 0 aliphatic carbocycles. The van der Waals surface area contributed by atoms with Crippen molar-refractivity contribution in [3.05, 3.63) is 120 Å². The normalized spacial score (nSPS) is 14.0. The standard InChI is InChI=1S/C33H35N3O3/c1-3-4-19-34(32(38)24-39-23-26-13-6-5-7-14-26)22-31(37)36-29-17-9-8-16-28(29)35-20-11-18-30(35)33(36)27-15-10-12-25(2)21-27/h5-18,20-21,33H,3-4,19,22-24H2,1-2H3. The average molecular weight is 522 g/mol. The maximum absolute atomic E-state index is 14.2. The van der Waals surface area contributed by atoms with Gasteiger partial charge in [-0.3, -0.25) is 14.5 Å². The number of benzene rings is 3. The summed E-state index contributed by atoms with van der Waals surface area (Å²) in [4.78, 5) is 31.0. The van der Waals surface area contributed by atoms with Gasteiger partial charge in [-0.1, -0.05) is 85.6 Å². The monoisotopic (exact) mass is 521 g/mol. The Bertz CT molecular complexity index is 1430. The van der Waals surface area contributed by atoms with Crippen molar-refractivity contribution in [1.82, 2.24) is 9.47 Å². The smallest absolute Gasteiger partial charge is 0.249 e. The molecular formula is C33H35N3O3. The number of rotatable bonds is 10. The Kier molecular flexibility index (Phi) is 8.23. The lowest BCUT2D eigenvalue weighted by molar-refractivity contribution is -0.139. The van der Waals surface area contributed by atoms with Crippen molar-refractivity contribution < 1.29 is 14.3 Å². The van der Waals surface area contributed by atoms with E-state index in [0.29, 0.717) is 13.2 Å². The summed E-state index contributed by atoms with van der Waals surface area (Å²) in [7, 11) is 0. The van der Waals surface area contributed by atoms with Crippen LogP contribution in [0.4, 0.5) is 5.69 Å². The lowest BCUT2D eigenvalue weighted by Gasteiger charge is -2.39. The van der Waals surface area contributed by atoms with E-state index >= 15 is 0 Å². The summed E-state index contributed by atoms with van der Waals surface area (Å²) in [5.41, 5.74) is 5.98. The highest BCUT2D eigenvalue weighted by molar-refractivity contribution is 6.00. The molecule has 0 radical (unpaired) electrons. The maximum Gasteiger partial charge on any atom is 0.249 e. The third-order valence-electron chi connectivity index (χ3n) is 7.14. The number of para-hydroxylation sites is 2. The Hall–Kier alpha value is -4.16. The summed E-state index contributed by atoms with van der Waals surface area (Å²) in [5.74, 6) is -0.289. The van der Waals surface area contributed by atoms with Gasteiger partial charge in [0.15, 0.2) is 0 Å². The van der Waals surface area contributed by atoms with Crippen LogP contribution in [-0.4, -0.2) is 41.0 Å². The molecule has 5 rings (SSSR count). The van der Waals surface area contributed by atoms with Gasteiger partial charge in [-0.25, -0.2) is 0 Å². The zero-order valence-electron chi connectivity index (χ0n) is 22.6. The van der Waals surface area contributed by atoms with Crippen LogP contribution >= 0.6 is 0 Å². The number of aryl methyl sites for hydroxylation is 1. The number of hydrogen-bond donors (Lipinski definition) is 0. The Morgan fingerprint density at radius 3 is 2.44 bits per heavy atom. The van der Waals surface area contributed by atoms with Gasteiger partial charge in [-0.15, -0.1) is 0 Å². The zero-order chi connectivity index (χ0) is 27.2. The zero-order valence-corrected chi connectivity index (χ0v) is 22.6. The minimum Gasteiger partial charge on any atom is -0.367 e. The van der Waals surface area contributed by atoms with Gasteiger partial charge < -0.3 is 14.2 Å². The number of aromatic nitrogens is 1. The summed E-state index contributed by atoms with van der Waals surface area (Å²) >= 11 is 0. The van der Waals surface area contributed by atoms with E-state index < -0.39 is 0 Å². The number of fused-ring (bicyclic) bond motifs is 3. The van der Waals surface area contributed by atoms with Gasteiger partial charge in [0.1, 0.15) is 19.2 Å². The first kappa shape index (κ1) is 26.4. The van der Waals surface area contributed by atoms with E-state index in [-0.39, 0.29) is 31.0 Å². The maximum atomic E-state index is 14.2. The van der Waals surface area contributed by atoms with Crippen LogP contribution in [0.2, 0.25) is 0 Å². The van der Waals surface area contributed by atoms with E-state index in [1.807, 2.05) is 77.8 Å². The van der Waals surface area contributed by atoms with Crippen LogP contribution in [0.1, 0.15) is 48.2 Å². The first-order chi connectivity index (χ1) is 19.1. The number of anilines is 1. The van der Waals surface area contributed by atoms with Gasteiger partial charge >= 0.3 is 0 Å². The number of ether oxygens (including phenoxy) is 1. The predicted molar refractivity (Wildman–Crippen MR) is 154 cm³/mol. The fourth-order valence-corrected chi connectivity index (χ4v) is 5.22. The van der Waals surface area contributed by atoms with E-state index in [2.05, 4.69) is 42.7 Å². The second-order valence-corrected chi connectivity index (χ2v) is 10.0. The predicted octanol–water partition coefficient (Wildman–Crippen LogP) is 6.07. The fraction of sp³-hybridized carbons (Fsp3) is 0.273. The van der Waals surface area contributed by atoms with Gasteiger partial charge in [0.05, 0.1) is 23.7 Å². The van der Waals surface area contributed by atoms with Crippen LogP contribution in [0.3, 0.4) is 0 Å². The lowest BCUT2D eigenvalue weighted by Crippen LogP contribution is -2.47. The molecule has 3 aromatic carbocycles. The molecule has 0 saturated heterocycles. The summed E-state index contributed by atoms with van der Waals surface area (Å²) < 4.78 is 7.90. The van der Waals surface area contributed by atoms with Gasteiger partial charge in [0, 0.05) is 12.7 Å². The highest BCUT2D eigenvalue weighted by Gasteiger charge is 2.36. The molecular weight excluding hydrogens is 486 g/mol. The second kappa shape index (κ2) is 12.1. The van der Waals surface area contributed by atoms with Crippen LogP contribution < -0.4 is 4.90 Å². The molecule has 1 atom stereocenters. The average Bonchev–Trinajstić information content (AvgIpc) is 3.45. The number of hydrogen-bond acceptors (Lipinski definition) is 3. The molecule has 0 saturated carbocycles. The molecule has 0 bridgehead atoms. The molecule has 2 amide bonds. The van der Waals surface area contributed by atoms with Crippen molar-refractivity contribution in [2.45, 2.75) is 39.3 Å². The molecule has 0 spiro atoms. The van der Waals surface area contributed by atoms with Crippen molar-refractivity contribution in [1.29, 1.82) is 0 Å². The van der Waals surface area contributed by atoms with Crippen molar-refractivity contribution in [2.24, 2.45) is 0 Å². The molecule has 0 N–H and O–H groups in total. The third-order valence-corrected chi connectivity index (χ3v) is 7.14. The van der Waals surface area contributed by atoms with Gasteiger partial charge in [-0.05, 0) is 48.7 Å². The van der Waals surface area contributed by atoms with Crippen LogP contribution in [0.5, 0.6) is 0 Å². The Morgan fingerprint density at radius 1 is 0.897 bits per heavy atom. The molecule has 6 heteroatoms. The number of amides is 2. The molecule has 0 fully saturated rings. The Morgan fingerprint density at radius 2 is 1.67 bits per heavy atom. The molecule has 200 valence electrons. The summed E-state index contributed by atoms with van der Waals surface area (Å²) in [6.45, 7) is 4.94. The number of carbonyl (C=O) groups excluding carboxylic acids is 2. The van der Waals surface area contributed by atoms with E-state index in [4.69, 9.17) is 4.74 Å². The van der Waals surface area contributed by atoms with E-state index in [1.54, 1.807) is 4.90 Å². The molecule has 1 aliphatic rings. The molecule has 1 aliphatic heterocycles. The number of unbranched alkanes of at least 4 members (excludes halogenated alkanes) is 1. The van der Waals surface area contributed by atoms with E-state index in [0.717, 1.165) is 46.6 Å². The van der Waals surface area contributed by atoms with Crippen LogP contribution in [0, 0.1) is 6.92 Å². The topological polar surface area (TPSA) is 54.8 Å². The Balaban J connectivity index is 1.42. The van der Waals surface area contributed by atoms with Crippen molar-refractivity contribution in [3.63, 3.8) is 0 Å². The number of carbonyl (C=O) groups is 2. The highest BCUT2D eigenvalue weighted by Crippen LogP contribution is 2.42. The molecule has 1 aromatic heterocycles. The van der Waals surface area contributed by atoms with Crippen LogP contribution in [0.25, 0.3) is 5.69 Å². The van der Waals surface area contributed by atoms with E-state index in [9.17, 15) is 9.59 Å². The van der Waals surface area contributed by atoms with Gasteiger partial charge in [0.25, 0.3) is 0 Å². The SMILES string of the molecule is CCCCN(CC(=O)N1c2ccccc2-n2cccc2C1c1cccc(C)c1)C(=O)COCc1ccccc1. The second-order valence-electron chi connectivity index (χ2n) is 10.0. The largest absolute Gasteiger partial charge is 0.367 e. The third kappa shape index (κ3) is 5.81. The van der Waals surface area contributed by atoms with Crippen molar-refractivity contribution in [3.8, 4) is 5.69 Å². The minimum absolute atomic E-state index is 0.00904. The van der Waals surface area contributed by atoms with Crippen LogP contribution in [0.15, 0.2) is 97.2 Å². The van der Waals surface area contributed by atoms with Crippen molar-refractivity contribution >= 4 is 17.5 Å². The molecule has 2 heterocycles. The van der Waals surface area contributed by atoms with Crippen LogP contribution in [-0.2, 0) is 20.9 Å².